The number of esters is 1. The van der Waals surface area contributed by atoms with Gasteiger partial charge >= 0.3 is 12.1 Å². The highest BCUT2D eigenvalue weighted by atomic mass is 32.1. The SMILES string of the molecule is COC(=O)c1c(N)nsc1N(CCO)CC(F)(F)F. The van der Waals surface area contributed by atoms with Crippen LogP contribution in [0.4, 0.5) is 24.0 Å². The van der Waals surface area contributed by atoms with Crippen molar-refractivity contribution >= 4 is 28.3 Å². The third-order valence-electron chi connectivity index (χ3n) is 2.12. The van der Waals surface area contributed by atoms with Crippen molar-refractivity contribution in [3.8, 4) is 0 Å². The van der Waals surface area contributed by atoms with Gasteiger partial charge in [-0.25, -0.2) is 4.79 Å². The highest BCUT2D eigenvalue weighted by Crippen LogP contribution is 2.33. The number of methoxy groups -OCH3 is 1. The summed E-state index contributed by atoms with van der Waals surface area (Å²) in [6.45, 7) is -2.13. The number of rotatable bonds is 5. The van der Waals surface area contributed by atoms with Crippen LogP contribution in [0.1, 0.15) is 10.4 Å². The van der Waals surface area contributed by atoms with E-state index in [0.717, 1.165) is 12.0 Å². The van der Waals surface area contributed by atoms with E-state index in [-0.39, 0.29) is 22.9 Å². The zero-order valence-electron chi connectivity index (χ0n) is 9.90. The van der Waals surface area contributed by atoms with Gasteiger partial charge in [0.25, 0.3) is 0 Å². The maximum Gasteiger partial charge on any atom is 0.405 e. The number of hydrogen-bond acceptors (Lipinski definition) is 7. The fourth-order valence-corrected chi connectivity index (χ4v) is 2.22. The van der Waals surface area contributed by atoms with Gasteiger partial charge in [-0.2, -0.15) is 17.5 Å². The highest BCUT2D eigenvalue weighted by molar-refractivity contribution is 7.11. The van der Waals surface area contributed by atoms with Crippen molar-refractivity contribution in [3.63, 3.8) is 0 Å². The van der Waals surface area contributed by atoms with Gasteiger partial charge in [0.1, 0.15) is 17.1 Å². The first-order valence-corrected chi connectivity index (χ1v) is 5.83. The van der Waals surface area contributed by atoms with Gasteiger partial charge in [0.15, 0.2) is 5.82 Å². The molecule has 19 heavy (non-hydrogen) atoms. The van der Waals surface area contributed by atoms with Crippen molar-refractivity contribution < 1.29 is 27.8 Å². The lowest BCUT2D eigenvalue weighted by Crippen LogP contribution is -2.36. The standard InChI is InChI=1S/C9H12F3N3O3S/c1-18-8(17)5-6(13)14-19-7(5)15(2-3-16)4-9(10,11)12/h16H,2-4H2,1H3,(H2,13,14). The van der Waals surface area contributed by atoms with Gasteiger partial charge in [-0.15, -0.1) is 0 Å². The Hall–Kier alpha value is -1.55. The number of nitrogens with two attached hydrogens (primary N) is 1. The second kappa shape index (κ2) is 6.06. The van der Waals surface area contributed by atoms with Gasteiger partial charge in [0.2, 0.25) is 0 Å². The third kappa shape index (κ3) is 3.96. The second-order valence-electron chi connectivity index (χ2n) is 3.50. The van der Waals surface area contributed by atoms with Gasteiger partial charge in [-0.1, -0.05) is 0 Å². The molecule has 0 unspecified atom stereocenters. The van der Waals surface area contributed by atoms with Crippen LogP contribution in [0, 0.1) is 0 Å². The molecular formula is C9H12F3N3O3S. The largest absolute Gasteiger partial charge is 0.465 e. The predicted molar refractivity (Wildman–Crippen MR) is 63.2 cm³/mol. The zero-order chi connectivity index (χ0) is 14.6. The molecule has 6 nitrogen and oxygen atoms in total. The summed E-state index contributed by atoms with van der Waals surface area (Å²) in [6, 6.07) is 0. The maximum atomic E-state index is 12.4. The molecule has 10 heteroatoms. The fourth-order valence-electron chi connectivity index (χ4n) is 1.39. The van der Waals surface area contributed by atoms with E-state index in [2.05, 4.69) is 9.11 Å². The Balaban J connectivity index is 3.12. The lowest BCUT2D eigenvalue weighted by Gasteiger charge is -2.23. The molecule has 0 bridgehead atoms. The summed E-state index contributed by atoms with van der Waals surface area (Å²) in [7, 11) is 1.09. The molecule has 0 saturated heterocycles. The first kappa shape index (κ1) is 15.5. The first-order chi connectivity index (χ1) is 8.80. The molecule has 0 aliphatic carbocycles. The number of hydrogen-bond donors (Lipinski definition) is 2. The van der Waals surface area contributed by atoms with Gasteiger partial charge in [-0.3, -0.25) is 0 Å². The minimum absolute atomic E-state index is 0.0734. The van der Waals surface area contributed by atoms with Crippen LogP contribution >= 0.6 is 11.5 Å². The molecule has 0 atom stereocenters. The van der Waals surface area contributed by atoms with Crippen molar-refractivity contribution in [1.82, 2.24) is 4.37 Å². The Bertz CT molecular complexity index is 450. The van der Waals surface area contributed by atoms with Gasteiger partial charge in [0, 0.05) is 6.54 Å². The van der Waals surface area contributed by atoms with Crippen molar-refractivity contribution in [1.29, 1.82) is 0 Å². The average Bonchev–Trinajstić information content (AvgIpc) is 2.68. The summed E-state index contributed by atoms with van der Waals surface area (Å²) in [4.78, 5) is 12.3. The number of aliphatic hydroxyl groups excluding tert-OH is 1. The number of carbonyl (C=O) groups excluding carboxylic acids is 1. The number of anilines is 2. The van der Waals surface area contributed by atoms with E-state index in [1.54, 1.807) is 0 Å². The molecule has 1 aromatic heterocycles. The van der Waals surface area contributed by atoms with Gasteiger partial charge in [0.05, 0.1) is 13.7 Å². The Labute approximate surface area is 110 Å². The van der Waals surface area contributed by atoms with Crippen LogP contribution in [0.5, 0.6) is 0 Å². The van der Waals surface area contributed by atoms with Crippen molar-refractivity contribution in [2.24, 2.45) is 0 Å². The van der Waals surface area contributed by atoms with Crippen molar-refractivity contribution in [2.75, 3.05) is 37.4 Å². The number of ether oxygens (including phenoxy) is 1. The molecule has 0 aliphatic rings. The number of nitrogen functional groups attached to an aromatic ring is 1. The number of halogens is 3. The van der Waals surface area contributed by atoms with Crippen LogP contribution in [-0.2, 0) is 4.74 Å². The lowest BCUT2D eigenvalue weighted by molar-refractivity contribution is -0.119. The number of alkyl halides is 3. The van der Waals surface area contributed by atoms with Crippen molar-refractivity contribution in [2.45, 2.75) is 6.18 Å². The van der Waals surface area contributed by atoms with Crippen LogP contribution in [0.25, 0.3) is 0 Å². The Morgan fingerprint density at radius 3 is 2.68 bits per heavy atom. The molecule has 3 N–H and O–H groups in total. The quantitative estimate of drug-likeness (QED) is 0.784. The van der Waals surface area contributed by atoms with Gasteiger partial charge < -0.3 is 20.5 Å². The smallest absolute Gasteiger partial charge is 0.405 e. The van der Waals surface area contributed by atoms with E-state index in [1.165, 1.54) is 0 Å². The normalized spacial score (nSPS) is 11.4. The van der Waals surface area contributed by atoms with Crippen molar-refractivity contribution in [3.05, 3.63) is 5.56 Å². The van der Waals surface area contributed by atoms with Crippen LogP contribution in [-0.4, -0.2) is 48.4 Å². The number of aromatic nitrogens is 1. The molecule has 1 rings (SSSR count). The van der Waals surface area contributed by atoms with E-state index in [0.29, 0.717) is 11.5 Å². The highest BCUT2D eigenvalue weighted by Gasteiger charge is 2.34. The molecule has 0 spiro atoms. The van der Waals surface area contributed by atoms with E-state index in [1.807, 2.05) is 0 Å². The summed E-state index contributed by atoms with van der Waals surface area (Å²) in [5.74, 6) is -1.07. The summed E-state index contributed by atoms with van der Waals surface area (Å²) in [5.41, 5.74) is 5.23. The molecule has 1 heterocycles. The fraction of sp³-hybridized carbons (Fsp3) is 0.556. The third-order valence-corrected chi connectivity index (χ3v) is 3.04. The van der Waals surface area contributed by atoms with E-state index in [4.69, 9.17) is 10.8 Å². The summed E-state index contributed by atoms with van der Waals surface area (Å²) >= 11 is 0.648. The number of carbonyl (C=O) groups is 1. The summed E-state index contributed by atoms with van der Waals surface area (Å²) in [5, 5.41) is 8.74. The lowest BCUT2D eigenvalue weighted by atomic mass is 10.3. The van der Waals surface area contributed by atoms with Crippen LogP contribution < -0.4 is 10.6 Å². The molecule has 1 aromatic rings. The van der Waals surface area contributed by atoms with Crippen LogP contribution in [0.2, 0.25) is 0 Å². The molecule has 0 radical (unpaired) electrons. The minimum atomic E-state index is -4.48. The monoisotopic (exact) mass is 299 g/mol. The molecular weight excluding hydrogens is 287 g/mol. The first-order valence-electron chi connectivity index (χ1n) is 5.06. The summed E-state index contributed by atoms with van der Waals surface area (Å²) in [6.07, 6.45) is -4.48. The number of nitrogens with zero attached hydrogens (tertiary/aromatic N) is 2. The second-order valence-corrected chi connectivity index (χ2v) is 4.25. The zero-order valence-corrected chi connectivity index (χ0v) is 10.7. The topological polar surface area (TPSA) is 88.7 Å². The minimum Gasteiger partial charge on any atom is -0.465 e. The molecule has 108 valence electrons. The van der Waals surface area contributed by atoms with E-state index >= 15 is 0 Å². The van der Waals surface area contributed by atoms with E-state index < -0.39 is 25.3 Å². The maximum absolute atomic E-state index is 12.4. The number of aliphatic hydroxyl groups is 1. The molecule has 0 aliphatic heterocycles. The average molecular weight is 299 g/mol. The summed E-state index contributed by atoms with van der Waals surface area (Å²) < 4.78 is 45.4. The van der Waals surface area contributed by atoms with Crippen LogP contribution in [0.3, 0.4) is 0 Å². The Morgan fingerprint density at radius 2 is 2.21 bits per heavy atom. The molecule has 0 fully saturated rings. The van der Waals surface area contributed by atoms with Gasteiger partial charge in [-0.05, 0) is 11.5 Å². The van der Waals surface area contributed by atoms with Crippen LogP contribution in [0.15, 0.2) is 0 Å². The molecule has 0 aromatic carbocycles. The predicted octanol–water partition coefficient (Wildman–Crippen LogP) is 0.873. The Kier molecular flexibility index (Phi) is 4.95. The molecule has 0 amide bonds. The Morgan fingerprint density at radius 1 is 1.58 bits per heavy atom. The molecule has 0 saturated carbocycles. The van der Waals surface area contributed by atoms with E-state index in [9.17, 15) is 18.0 Å².